The molecule has 0 bridgehead atoms. The summed E-state index contributed by atoms with van der Waals surface area (Å²) in [4.78, 5) is 0. The van der Waals surface area contributed by atoms with Crippen LogP contribution in [0.2, 0.25) is 0 Å². The highest BCUT2D eigenvalue weighted by Crippen LogP contribution is 2.38. The second kappa shape index (κ2) is 11.0. The maximum atomic E-state index is 14.8. The molecule has 4 rings (SSSR count). The summed E-state index contributed by atoms with van der Waals surface area (Å²) in [6, 6.07) is 6.89. The summed E-state index contributed by atoms with van der Waals surface area (Å²) in [6.07, 6.45) is 2.14. The summed E-state index contributed by atoms with van der Waals surface area (Å²) in [7, 11) is 0. The summed E-state index contributed by atoms with van der Waals surface area (Å²) in [5, 5.41) is -0.403. The van der Waals surface area contributed by atoms with Gasteiger partial charge in [0.25, 0.3) is 0 Å². The fourth-order valence-electron chi connectivity index (χ4n) is 4.96. The van der Waals surface area contributed by atoms with Crippen molar-refractivity contribution < 1.29 is 35.5 Å². The molecule has 0 heterocycles. The van der Waals surface area contributed by atoms with Crippen LogP contribution in [-0.4, -0.2) is 6.36 Å². The zero-order valence-electron chi connectivity index (χ0n) is 20.1. The van der Waals surface area contributed by atoms with Crippen molar-refractivity contribution in [3.8, 4) is 17.6 Å². The fraction of sp³-hybridized carbons (Fsp3) is 0.379. The minimum atomic E-state index is -5.27. The van der Waals surface area contributed by atoms with E-state index < -0.39 is 40.9 Å². The molecule has 1 saturated carbocycles. The molecule has 0 saturated heterocycles. The van der Waals surface area contributed by atoms with E-state index in [-0.39, 0.29) is 22.3 Å². The van der Waals surface area contributed by atoms with Crippen molar-refractivity contribution in [3.63, 3.8) is 0 Å². The maximum absolute atomic E-state index is 14.8. The number of benzene rings is 3. The van der Waals surface area contributed by atoms with Gasteiger partial charge in [-0.25, -0.2) is 17.6 Å². The van der Waals surface area contributed by atoms with Crippen molar-refractivity contribution in [2.75, 3.05) is 0 Å². The van der Waals surface area contributed by atoms with Crippen molar-refractivity contribution in [1.82, 2.24) is 0 Å². The fourth-order valence-corrected chi connectivity index (χ4v) is 4.96. The monoisotopic (exact) mass is 522 g/mol. The first-order chi connectivity index (χ1) is 17.6. The first kappa shape index (κ1) is 26.8. The van der Waals surface area contributed by atoms with E-state index in [2.05, 4.69) is 23.5 Å². The molecule has 3 aromatic carbocycles. The third kappa shape index (κ3) is 6.38. The minimum absolute atomic E-state index is 0.0813. The van der Waals surface area contributed by atoms with Crippen LogP contribution in [0.4, 0.5) is 30.7 Å². The molecule has 3 aromatic rings. The Hall–Kier alpha value is -3.21. The van der Waals surface area contributed by atoms with Gasteiger partial charge in [0.2, 0.25) is 5.75 Å². The lowest BCUT2D eigenvalue weighted by Gasteiger charge is -2.29. The number of hydrogen-bond acceptors (Lipinski definition) is 1. The van der Waals surface area contributed by atoms with E-state index >= 15 is 0 Å². The first-order valence-electron chi connectivity index (χ1n) is 12.2. The molecular weight excluding hydrogens is 497 g/mol. The smallest absolute Gasteiger partial charge is 0.399 e. The van der Waals surface area contributed by atoms with Crippen LogP contribution in [0.15, 0.2) is 36.4 Å². The summed E-state index contributed by atoms with van der Waals surface area (Å²) in [6.45, 7) is 2.16. The largest absolute Gasteiger partial charge is 0.573 e. The third-order valence-corrected chi connectivity index (χ3v) is 6.88. The van der Waals surface area contributed by atoms with Gasteiger partial charge in [-0.2, -0.15) is 0 Å². The van der Waals surface area contributed by atoms with Gasteiger partial charge < -0.3 is 4.74 Å². The molecule has 37 heavy (non-hydrogen) atoms. The summed E-state index contributed by atoms with van der Waals surface area (Å²) >= 11 is 0. The molecule has 1 aliphatic rings. The van der Waals surface area contributed by atoms with E-state index in [9.17, 15) is 30.7 Å². The maximum Gasteiger partial charge on any atom is 0.573 e. The normalized spacial score (nSPS) is 17.9. The van der Waals surface area contributed by atoms with Crippen LogP contribution in [0.1, 0.15) is 74.5 Å². The average Bonchev–Trinajstić information content (AvgIpc) is 2.84. The van der Waals surface area contributed by atoms with Crippen LogP contribution in [0.5, 0.6) is 5.75 Å². The first-order valence-corrected chi connectivity index (χ1v) is 12.2. The number of alkyl halides is 3. The Balaban J connectivity index is 1.55. The van der Waals surface area contributed by atoms with Crippen LogP contribution >= 0.6 is 0 Å². The van der Waals surface area contributed by atoms with Crippen LogP contribution in [-0.2, 0) is 0 Å². The van der Waals surface area contributed by atoms with E-state index in [0.29, 0.717) is 17.5 Å². The third-order valence-electron chi connectivity index (χ3n) is 6.88. The predicted octanol–water partition coefficient (Wildman–Crippen LogP) is 9.16. The summed E-state index contributed by atoms with van der Waals surface area (Å²) in [5.74, 6) is -0.428. The Morgan fingerprint density at radius 1 is 0.865 bits per heavy atom. The Labute approximate surface area is 210 Å². The second-order valence-corrected chi connectivity index (χ2v) is 9.45. The quantitative estimate of drug-likeness (QED) is 0.240. The van der Waals surface area contributed by atoms with Gasteiger partial charge >= 0.3 is 6.36 Å². The molecule has 0 atom stereocenters. The lowest BCUT2D eigenvalue weighted by molar-refractivity contribution is -0.276. The number of unbranched alkanes of at least 4 members (excludes halogenated alkanes) is 1. The number of fused-ring (bicyclic) bond motifs is 1. The topological polar surface area (TPSA) is 9.23 Å². The molecule has 8 heteroatoms. The second-order valence-electron chi connectivity index (χ2n) is 9.45. The van der Waals surface area contributed by atoms with Crippen LogP contribution in [0, 0.1) is 41.0 Å². The number of ether oxygens (including phenoxy) is 1. The SMILES string of the molecule is CCCCC1CCC(c2cc(F)c(C#Cc3ccc4c(F)c(OC(F)(F)F)c(F)cc4c3)c(F)c2)CC1. The molecule has 0 N–H and O–H groups in total. The Bertz CT molecular complexity index is 1320. The van der Waals surface area contributed by atoms with E-state index in [1.54, 1.807) is 0 Å². The molecule has 0 radical (unpaired) electrons. The zero-order valence-corrected chi connectivity index (χ0v) is 20.1. The molecule has 0 amide bonds. The Kier molecular flexibility index (Phi) is 8.01. The number of rotatable bonds is 5. The molecule has 1 fully saturated rings. The van der Waals surface area contributed by atoms with E-state index in [0.717, 1.165) is 38.2 Å². The van der Waals surface area contributed by atoms with E-state index in [4.69, 9.17) is 0 Å². The highest BCUT2D eigenvalue weighted by Gasteiger charge is 2.34. The van der Waals surface area contributed by atoms with Crippen molar-refractivity contribution in [1.29, 1.82) is 0 Å². The number of hydrogen-bond donors (Lipinski definition) is 0. The molecule has 1 nitrogen and oxygen atoms in total. The lowest BCUT2D eigenvalue weighted by atomic mass is 9.77. The van der Waals surface area contributed by atoms with Gasteiger partial charge in [0.15, 0.2) is 11.6 Å². The van der Waals surface area contributed by atoms with E-state index in [1.807, 2.05) is 0 Å². The molecule has 0 unspecified atom stereocenters. The summed E-state index contributed by atoms with van der Waals surface area (Å²) < 4.78 is 98.9. The van der Waals surface area contributed by atoms with E-state index in [1.165, 1.54) is 37.1 Å². The molecule has 0 aliphatic heterocycles. The van der Waals surface area contributed by atoms with Crippen LogP contribution in [0.3, 0.4) is 0 Å². The molecule has 0 spiro atoms. The minimum Gasteiger partial charge on any atom is -0.399 e. The Morgan fingerprint density at radius 3 is 2.16 bits per heavy atom. The summed E-state index contributed by atoms with van der Waals surface area (Å²) in [5.41, 5.74) is 0.360. The lowest BCUT2D eigenvalue weighted by Crippen LogP contribution is -2.19. The van der Waals surface area contributed by atoms with Crippen molar-refractivity contribution in [2.24, 2.45) is 5.92 Å². The molecule has 0 aromatic heterocycles. The van der Waals surface area contributed by atoms with Crippen LogP contribution in [0.25, 0.3) is 10.8 Å². The van der Waals surface area contributed by atoms with Gasteiger partial charge in [-0.15, -0.1) is 13.2 Å². The van der Waals surface area contributed by atoms with Gasteiger partial charge in [-0.1, -0.05) is 44.1 Å². The van der Waals surface area contributed by atoms with Crippen molar-refractivity contribution in [2.45, 2.75) is 64.1 Å². The highest BCUT2D eigenvalue weighted by molar-refractivity contribution is 5.86. The van der Waals surface area contributed by atoms with Gasteiger partial charge in [0.1, 0.15) is 11.6 Å². The van der Waals surface area contributed by atoms with Gasteiger partial charge in [-0.3, -0.25) is 0 Å². The molecular formula is C29H25F7O. The van der Waals surface area contributed by atoms with Gasteiger partial charge in [-0.05, 0) is 78.8 Å². The average molecular weight is 523 g/mol. The van der Waals surface area contributed by atoms with Crippen LogP contribution < -0.4 is 4.74 Å². The molecule has 196 valence electrons. The zero-order chi connectivity index (χ0) is 26.7. The van der Waals surface area contributed by atoms with Gasteiger partial charge in [0.05, 0.1) is 5.56 Å². The van der Waals surface area contributed by atoms with Crippen molar-refractivity contribution >= 4 is 10.8 Å². The van der Waals surface area contributed by atoms with Crippen molar-refractivity contribution in [3.05, 3.63) is 76.4 Å². The highest BCUT2D eigenvalue weighted by atomic mass is 19.4. The Morgan fingerprint density at radius 2 is 1.54 bits per heavy atom. The molecule has 1 aliphatic carbocycles. The number of halogens is 7. The predicted molar refractivity (Wildman–Crippen MR) is 127 cm³/mol. The standard InChI is InChI=1S/C29H25F7O/c1-2-3-4-17-5-9-19(10-6-17)20-14-24(30)23(25(31)15-20)12-8-18-7-11-22-21(13-18)16-26(32)28(27(22)33)37-29(34,35)36/h7,11,13-17,19H,2-6,9-10H2,1H3. The van der Waals surface area contributed by atoms with Gasteiger partial charge in [0, 0.05) is 10.9 Å².